The van der Waals surface area contributed by atoms with Gasteiger partial charge in [-0.1, -0.05) is 29.8 Å². The number of imidazole rings is 1. The molecule has 0 radical (unpaired) electrons. The lowest BCUT2D eigenvalue weighted by molar-refractivity contribution is 0.190. The van der Waals surface area contributed by atoms with Crippen molar-refractivity contribution in [2.75, 3.05) is 19.0 Å². The minimum atomic E-state index is 0.230. The number of nitrogens with zero attached hydrogens (tertiary/aromatic N) is 2. The zero-order valence-corrected chi connectivity index (χ0v) is 13.4. The van der Waals surface area contributed by atoms with Crippen LogP contribution in [0.3, 0.4) is 0 Å². The maximum absolute atomic E-state index is 5.12. The van der Waals surface area contributed by atoms with Crippen molar-refractivity contribution in [3.63, 3.8) is 0 Å². The van der Waals surface area contributed by atoms with Gasteiger partial charge >= 0.3 is 0 Å². The summed E-state index contributed by atoms with van der Waals surface area (Å²) in [5.41, 5.74) is 3.58. The molecule has 2 aromatic rings. The fourth-order valence-corrected chi connectivity index (χ4v) is 2.34. The molecule has 21 heavy (non-hydrogen) atoms. The van der Waals surface area contributed by atoms with E-state index in [1.54, 1.807) is 7.11 Å². The van der Waals surface area contributed by atoms with E-state index in [2.05, 4.69) is 59.2 Å². The molecule has 0 amide bonds. The lowest BCUT2D eigenvalue weighted by Gasteiger charge is -2.16. The first kappa shape index (κ1) is 15.6. The number of hydrogen-bond donors (Lipinski definition) is 1. The Balaban J connectivity index is 2.05. The Morgan fingerprint density at radius 3 is 2.62 bits per heavy atom. The summed E-state index contributed by atoms with van der Waals surface area (Å²) in [5, 5.41) is 3.51. The van der Waals surface area contributed by atoms with Gasteiger partial charge in [0.2, 0.25) is 5.95 Å². The van der Waals surface area contributed by atoms with E-state index in [-0.39, 0.29) is 6.04 Å². The normalized spacial score (nSPS) is 12.4. The zero-order valence-electron chi connectivity index (χ0n) is 13.4. The van der Waals surface area contributed by atoms with Crippen molar-refractivity contribution < 1.29 is 4.74 Å². The second kappa shape index (κ2) is 7.27. The van der Waals surface area contributed by atoms with Crippen LogP contribution in [-0.4, -0.2) is 23.3 Å². The quantitative estimate of drug-likeness (QED) is 0.789. The first-order valence-electron chi connectivity index (χ1n) is 7.46. The Labute approximate surface area is 127 Å². The highest BCUT2D eigenvalue weighted by Crippen LogP contribution is 2.19. The van der Waals surface area contributed by atoms with Crippen molar-refractivity contribution in [2.45, 2.75) is 39.8 Å². The van der Waals surface area contributed by atoms with E-state index in [1.807, 2.05) is 6.92 Å². The van der Waals surface area contributed by atoms with Crippen LogP contribution in [0.5, 0.6) is 0 Å². The predicted molar refractivity (Wildman–Crippen MR) is 86.7 cm³/mol. The molecule has 1 atom stereocenters. The van der Waals surface area contributed by atoms with E-state index in [0.29, 0.717) is 0 Å². The van der Waals surface area contributed by atoms with Crippen LogP contribution in [0.25, 0.3) is 0 Å². The van der Waals surface area contributed by atoms with E-state index in [0.717, 1.165) is 31.2 Å². The molecule has 1 unspecified atom stereocenters. The number of benzene rings is 1. The average Bonchev–Trinajstić information content (AvgIpc) is 2.80. The SMILES string of the molecule is COCCCn1cc(C)nc1NC(C)c1ccc(C)cc1. The third-order valence-corrected chi connectivity index (χ3v) is 3.57. The molecule has 0 bridgehead atoms. The van der Waals surface area contributed by atoms with Gasteiger partial charge in [0, 0.05) is 26.5 Å². The summed E-state index contributed by atoms with van der Waals surface area (Å²) in [6.07, 6.45) is 3.07. The van der Waals surface area contributed by atoms with E-state index in [9.17, 15) is 0 Å². The van der Waals surface area contributed by atoms with E-state index in [4.69, 9.17) is 4.74 Å². The fourth-order valence-electron chi connectivity index (χ4n) is 2.34. The van der Waals surface area contributed by atoms with Crippen LogP contribution in [0.15, 0.2) is 30.5 Å². The van der Waals surface area contributed by atoms with Gasteiger partial charge in [0.05, 0.1) is 11.7 Å². The molecule has 1 N–H and O–H groups in total. The highest BCUT2D eigenvalue weighted by atomic mass is 16.5. The average molecular weight is 287 g/mol. The van der Waals surface area contributed by atoms with Gasteiger partial charge < -0.3 is 14.6 Å². The first-order chi connectivity index (χ1) is 10.1. The lowest BCUT2D eigenvalue weighted by atomic mass is 10.1. The Kier molecular flexibility index (Phi) is 5.39. The number of nitrogens with one attached hydrogen (secondary N) is 1. The topological polar surface area (TPSA) is 39.1 Å². The smallest absolute Gasteiger partial charge is 0.203 e. The van der Waals surface area contributed by atoms with Gasteiger partial charge in [-0.05, 0) is 32.8 Å². The van der Waals surface area contributed by atoms with Gasteiger partial charge in [-0.15, -0.1) is 0 Å². The number of rotatable bonds is 7. The third kappa shape index (κ3) is 4.33. The van der Waals surface area contributed by atoms with Crippen LogP contribution < -0.4 is 5.32 Å². The van der Waals surface area contributed by atoms with Gasteiger partial charge in [0.1, 0.15) is 0 Å². The summed E-state index contributed by atoms with van der Waals surface area (Å²) in [6.45, 7) is 7.97. The molecule has 0 fully saturated rings. The van der Waals surface area contributed by atoms with Gasteiger partial charge in [0.15, 0.2) is 0 Å². The summed E-state index contributed by atoms with van der Waals surface area (Å²) in [4.78, 5) is 4.58. The van der Waals surface area contributed by atoms with Crippen molar-refractivity contribution in [3.05, 3.63) is 47.3 Å². The minimum Gasteiger partial charge on any atom is -0.385 e. The molecule has 0 saturated carbocycles. The maximum atomic E-state index is 5.12. The van der Waals surface area contributed by atoms with E-state index < -0.39 is 0 Å². The molecule has 2 rings (SSSR count). The van der Waals surface area contributed by atoms with Crippen molar-refractivity contribution in [2.24, 2.45) is 0 Å². The molecule has 0 spiro atoms. The molecule has 4 nitrogen and oxygen atoms in total. The highest BCUT2D eigenvalue weighted by Gasteiger charge is 2.10. The van der Waals surface area contributed by atoms with Gasteiger partial charge in [-0.2, -0.15) is 0 Å². The maximum Gasteiger partial charge on any atom is 0.203 e. The van der Waals surface area contributed by atoms with Crippen LogP contribution in [-0.2, 0) is 11.3 Å². The number of aryl methyl sites for hydroxylation is 3. The summed E-state index contributed by atoms with van der Waals surface area (Å²) in [7, 11) is 1.73. The number of anilines is 1. The Morgan fingerprint density at radius 2 is 1.95 bits per heavy atom. The number of hydrogen-bond acceptors (Lipinski definition) is 3. The summed E-state index contributed by atoms with van der Waals surface area (Å²) in [5.74, 6) is 0.927. The Bertz CT molecular complexity index is 560. The second-order valence-electron chi connectivity index (χ2n) is 5.52. The summed E-state index contributed by atoms with van der Waals surface area (Å²) >= 11 is 0. The van der Waals surface area contributed by atoms with Crippen molar-refractivity contribution in [3.8, 4) is 0 Å². The van der Waals surface area contributed by atoms with Crippen LogP contribution in [0.2, 0.25) is 0 Å². The molecule has 0 aliphatic rings. The molecule has 1 aromatic heterocycles. The van der Waals surface area contributed by atoms with Crippen LogP contribution in [0.1, 0.15) is 36.2 Å². The molecular weight excluding hydrogens is 262 g/mol. The standard InChI is InChI=1S/C17H25N3O/c1-13-6-8-16(9-7-13)15(3)19-17-18-14(2)12-20(17)10-5-11-21-4/h6-9,12,15H,5,10-11H2,1-4H3,(H,18,19). The van der Waals surface area contributed by atoms with Crippen LogP contribution in [0.4, 0.5) is 5.95 Å². The summed E-state index contributed by atoms with van der Waals surface area (Å²) in [6, 6.07) is 8.85. The van der Waals surface area contributed by atoms with E-state index >= 15 is 0 Å². The first-order valence-corrected chi connectivity index (χ1v) is 7.46. The Morgan fingerprint density at radius 1 is 1.24 bits per heavy atom. The zero-order chi connectivity index (χ0) is 15.2. The lowest BCUT2D eigenvalue weighted by Crippen LogP contribution is -2.12. The molecular formula is C17H25N3O. The van der Waals surface area contributed by atoms with Crippen LogP contribution in [0, 0.1) is 13.8 Å². The third-order valence-electron chi connectivity index (χ3n) is 3.57. The molecule has 114 valence electrons. The Hall–Kier alpha value is -1.81. The molecule has 0 aliphatic carbocycles. The van der Waals surface area contributed by atoms with Crippen molar-refractivity contribution >= 4 is 5.95 Å². The highest BCUT2D eigenvalue weighted by molar-refractivity contribution is 5.35. The molecule has 4 heteroatoms. The molecule has 0 aliphatic heterocycles. The van der Waals surface area contributed by atoms with Gasteiger partial charge in [-0.25, -0.2) is 4.98 Å². The fraction of sp³-hybridized carbons (Fsp3) is 0.471. The predicted octanol–water partition coefficient (Wildman–Crippen LogP) is 3.71. The number of methoxy groups -OCH3 is 1. The monoisotopic (exact) mass is 287 g/mol. The van der Waals surface area contributed by atoms with Gasteiger partial charge in [0.25, 0.3) is 0 Å². The number of aromatic nitrogens is 2. The minimum absolute atomic E-state index is 0.230. The van der Waals surface area contributed by atoms with Crippen molar-refractivity contribution in [1.82, 2.24) is 9.55 Å². The largest absolute Gasteiger partial charge is 0.385 e. The molecule has 0 saturated heterocycles. The second-order valence-corrected chi connectivity index (χ2v) is 5.52. The summed E-state index contributed by atoms with van der Waals surface area (Å²) < 4.78 is 7.28. The van der Waals surface area contributed by atoms with Gasteiger partial charge in [-0.3, -0.25) is 0 Å². The molecule has 1 aromatic carbocycles. The van der Waals surface area contributed by atoms with E-state index in [1.165, 1.54) is 11.1 Å². The number of ether oxygens (including phenoxy) is 1. The molecule has 1 heterocycles. The van der Waals surface area contributed by atoms with Crippen LogP contribution >= 0.6 is 0 Å². The van der Waals surface area contributed by atoms with Crippen molar-refractivity contribution in [1.29, 1.82) is 0 Å².